The van der Waals surface area contributed by atoms with Crippen molar-refractivity contribution in [2.45, 2.75) is 45.8 Å². The van der Waals surface area contributed by atoms with Crippen LogP contribution in [0.4, 0.5) is 0 Å². The van der Waals surface area contributed by atoms with Crippen molar-refractivity contribution in [1.29, 1.82) is 0 Å². The second kappa shape index (κ2) is 6.76. The van der Waals surface area contributed by atoms with E-state index < -0.39 is 0 Å². The first-order chi connectivity index (χ1) is 9.11. The molecule has 3 atom stereocenters. The molecule has 1 aromatic carbocycles. The Balaban J connectivity index is 2.10. The third-order valence-corrected chi connectivity index (χ3v) is 4.87. The van der Waals surface area contributed by atoms with Gasteiger partial charge in [-0.15, -0.1) is 0 Å². The number of hydrogen-bond acceptors (Lipinski definition) is 2. The third kappa shape index (κ3) is 3.73. The molecule has 0 spiro atoms. The number of halogens is 1. The van der Waals surface area contributed by atoms with Gasteiger partial charge in [-0.25, -0.2) is 0 Å². The minimum absolute atomic E-state index is 0.362. The van der Waals surface area contributed by atoms with E-state index in [4.69, 9.17) is 4.74 Å². The van der Waals surface area contributed by atoms with Gasteiger partial charge in [-0.2, -0.15) is 0 Å². The predicted octanol–water partition coefficient (Wildman–Crippen LogP) is 4.37. The number of para-hydroxylation sites is 1. The normalized spacial score (nSPS) is 27.3. The Labute approximate surface area is 125 Å². The van der Waals surface area contributed by atoms with E-state index in [-0.39, 0.29) is 0 Å². The molecule has 1 aliphatic rings. The van der Waals surface area contributed by atoms with Gasteiger partial charge in [0.25, 0.3) is 0 Å². The van der Waals surface area contributed by atoms with Crippen molar-refractivity contribution in [2.75, 3.05) is 7.05 Å². The smallest absolute Gasteiger partial charge is 0.138 e. The standard InChI is InChI=1S/C16H24BrNO/c1-11-7-8-14(9-12(11)2)19-16-13(10-18-3)5-4-6-15(16)17/h4-6,11-12,14,18H,7-10H2,1-3H3. The van der Waals surface area contributed by atoms with Crippen LogP contribution in [-0.2, 0) is 6.54 Å². The minimum Gasteiger partial charge on any atom is -0.489 e. The largest absolute Gasteiger partial charge is 0.489 e. The van der Waals surface area contributed by atoms with Crippen molar-refractivity contribution >= 4 is 15.9 Å². The van der Waals surface area contributed by atoms with Gasteiger partial charge in [0.15, 0.2) is 0 Å². The highest BCUT2D eigenvalue weighted by molar-refractivity contribution is 9.10. The first kappa shape index (κ1) is 14.9. The van der Waals surface area contributed by atoms with Crippen molar-refractivity contribution in [2.24, 2.45) is 11.8 Å². The summed E-state index contributed by atoms with van der Waals surface area (Å²) in [4.78, 5) is 0. The Morgan fingerprint density at radius 2 is 2.05 bits per heavy atom. The first-order valence-electron chi connectivity index (χ1n) is 7.20. The second-order valence-corrected chi connectivity index (χ2v) is 6.62. The van der Waals surface area contributed by atoms with Crippen molar-refractivity contribution in [3.8, 4) is 5.75 Å². The quantitative estimate of drug-likeness (QED) is 0.887. The summed E-state index contributed by atoms with van der Waals surface area (Å²) < 4.78 is 7.36. The molecule has 1 fully saturated rings. The molecule has 3 heteroatoms. The molecule has 0 aromatic heterocycles. The molecule has 0 saturated heterocycles. The van der Waals surface area contributed by atoms with Crippen LogP contribution in [0.5, 0.6) is 5.75 Å². The van der Waals surface area contributed by atoms with Crippen molar-refractivity contribution in [3.63, 3.8) is 0 Å². The summed E-state index contributed by atoms with van der Waals surface area (Å²) in [6.07, 6.45) is 3.98. The van der Waals surface area contributed by atoms with Crippen LogP contribution in [-0.4, -0.2) is 13.2 Å². The number of nitrogens with one attached hydrogen (secondary N) is 1. The fraction of sp³-hybridized carbons (Fsp3) is 0.625. The molecule has 0 bridgehead atoms. The van der Waals surface area contributed by atoms with Gasteiger partial charge in [0.1, 0.15) is 5.75 Å². The molecule has 0 aliphatic heterocycles. The Bertz CT molecular complexity index is 421. The van der Waals surface area contributed by atoms with Gasteiger partial charge in [-0.1, -0.05) is 26.0 Å². The van der Waals surface area contributed by atoms with Crippen molar-refractivity contribution in [3.05, 3.63) is 28.2 Å². The van der Waals surface area contributed by atoms with Gasteiger partial charge in [-0.05, 0) is 60.1 Å². The van der Waals surface area contributed by atoms with Gasteiger partial charge in [0, 0.05) is 12.1 Å². The summed E-state index contributed by atoms with van der Waals surface area (Å²) in [6, 6.07) is 6.25. The molecule has 3 unspecified atom stereocenters. The molecule has 0 heterocycles. The van der Waals surface area contributed by atoms with E-state index in [1.54, 1.807) is 0 Å². The molecule has 1 aromatic rings. The lowest BCUT2D eigenvalue weighted by atomic mass is 9.80. The summed E-state index contributed by atoms with van der Waals surface area (Å²) in [7, 11) is 1.97. The average molecular weight is 326 g/mol. The van der Waals surface area contributed by atoms with Gasteiger partial charge >= 0.3 is 0 Å². The summed E-state index contributed by atoms with van der Waals surface area (Å²) in [6.45, 7) is 5.54. The van der Waals surface area contributed by atoms with Gasteiger partial charge in [0.05, 0.1) is 10.6 Å². The van der Waals surface area contributed by atoms with Crippen LogP contribution in [0.3, 0.4) is 0 Å². The summed E-state index contributed by atoms with van der Waals surface area (Å²) >= 11 is 3.62. The Kier molecular flexibility index (Phi) is 5.28. The zero-order chi connectivity index (χ0) is 13.8. The highest BCUT2D eigenvalue weighted by Crippen LogP contribution is 2.35. The molecule has 2 rings (SSSR count). The van der Waals surface area contributed by atoms with Crippen LogP contribution in [0.15, 0.2) is 22.7 Å². The van der Waals surface area contributed by atoms with Crippen molar-refractivity contribution < 1.29 is 4.74 Å². The lowest BCUT2D eigenvalue weighted by molar-refractivity contribution is 0.0989. The molecule has 1 aliphatic carbocycles. The highest BCUT2D eigenvalue weighted by Gasteiger charge is 2.26. The third-order valence-electron chi connectivity index (χ3n) is 4.25. The molecule has 19 heavy (non-hydrogen) atoms. The monoisotopic (exact) mass is 325 g/mol. The maximum absolute atomic E-state index is 6.30. The van der Waals surface area contributed by atoms with Gasteiger partial charge in [0.2, 0.25) is 0 Å². The maximum atomic E-state index is 6.30. The summed E-state index contributed by atoms with van der Waals surface area (Å²) in [5, 5.41) is 3.20. The van der Waals surface area contributed by atoms with E-state index in [1.807, 2.05) is 7.05 Å². The molecule has 1 N–H and O–H groups in total. The predicted molar refractivity (Wildman–Crippen MR) is 83.5 cm³/mol. The number of hydrogen-bond donors (Lipinski definition) is 1. The zero-order valence-corrected chi connectivity index (χ0v) is 13.7. The molecule has 106 valence electrons. The van der Waals surface area contributed by atoms with E-state index in [9.17, 15) is 0 Å². The van der Waals surface area contributed by atoms with E-state index in [0.29, 0.717) is 6.10 Å². The molecular weight excluding hydrogens is 302 g/mol. The molecule has 2 nitrogen and oxygen atoms in total. The molecule has 1 saturated carbocycles. The number of ether oxygens (including phenoxy) is 1. The Morgan fingerprint density at radius 3 is 2.74 bits per heavy atom. The van der Waals surface area contributed by atoms with Crippen LogP contribution >= 0.6 is 15.9 Å². The fourth-order valence-electron chi connectivity index (χ4n) is 2.79. The van der Waals surface area contributed by atoms with E-state index in [1.165, 1.54) is 24.8 Å². The average Bonchev–Trinajstić information content (AvgIpc) is 2.38. The maximum Gasteiger partial charge on any atom is 0.138 e. The van der Waals surface area contributed by atoms with Gasteiger partial charge < -0.3 is 10.1 Å². The highest BCUT2D eigenvalue weighted by atomic mass is 79.9. The van der Waals surface area contributed by atoms with Crippen LogP contribution in [0.1, 0.15) is 38.7 Å². The molecule has 0 radical (unpaired) electrons. The van der Waals surface area contributed by atoms with E-state index >= 15 is 0 Å². The second-order valence-electron chi connectivity index (χ2n) is 5.77. The zero-order valence-electron chi connectivity index (χ0n) is 12.1. The van der Waals surface area contributed by atoms with E-state index in [2.05, 4.69) is 53.3 Å². The Morgan fingerprint density at radius 1 is 1.26 bits per heavy atom. The lowest BCUT2D eigenvalue weighted by Crippen LogP contribution is -2.29. The van der Waals surface area contributed by atoms with Crippen LogP contribution in [0.2, 0.25) is 0 Å². The molecule has 0 amide bonds. The van der Waals surface area contributed by atoms with Gasteiger partial charge in [-0.3, -0.25) is 0 Å². The number of benzene rings is 1. The first-order valence-corrected chi connectivity index (χ1v) is 7.99. The fourth-order valence-corrected chi connectivity index (χ4v) is 3.29. The van der Waals surface area contributed by atoms with E-state index in [0.717, 1.165) is 28.6 Å². The molecular formula is C16H24BrNO. The lowest BCUT2D eigenvalue weighted by Gasteiger charge is -2.33. The Hall–Kier alpha value is -0.540. The van der Waals surface area contributed by atoms with Crippen LogP contribution in [0.25, 0.3) is 0 Å². The van der Waals surface area contributed by atoms with Crippen molar-refractivity contribution in [1.82, 2.24) is 5.32 Å². The topological polar surface area (TPSA) is 21.3 Å². The summed E-state index contributed by atoms with van der Waals surface area (Å²) in [5.74, 6) is 2.61. The van der Waals surface area contributed by atoms with Crippen LogP contribution in [0, 0.1) is 11.8 Å². The minimum atomic E-state index is 0.362. The summed E-state index contributed by atoms with van der Waals surface area (Å²) in [5.41, 5.74) is 1.23. The number of rotatable bonds is 4. The van der Waals surface area contributed by atoms with Crippen LogP contribution < -0.4 is 10.1 Å². The SMILES string of the molecule is CNCc1cccc(Br)c1OC1CCC(C)C(C)C1.